The number of aromatic nitrogens is 1. The normalized spacial score (nSPS) is 14.6. The molecule has 0 fully saturated rings. The molecule has 0 aromatic carbocycles. The summed E-state index contributed by atoms with van der Waals surface area (Å²) in [5, 5.41) is 6.95. The minimum atomic E-state index is -4.39. The maximum Gasteiger partial charge on any atom is 0.422 e. The maximum absolute atomic E-state index is 12.3. The fourth-order valence-corrected chi connectivity index (χ4v) is 2.71. The SMILES string of the molecule is CCCC(=O)NCCN1C=CCN1Cc1cnc(OCC(F)(F)F)c(C)c1. The molecule has 1 aromatic heterocycles. The predicted octanol–water partition coefficient (Wildman–Crippen LogP) is 2.79. The van der Waals surface area contributed by atoms with E-state index in [0.29, 0.717) is 38.2 Å². The van der Waals surface area contributed by atoms with Crippen LogP contribution >= 0.6 is 0 Å². The van der Waals surface area contributed by atoms with E-state index >= 15 is 0 Å². The Morgan fingerprint density at radius 2 is 2.19 bits per heavy atom. The van der Waals surface area contributed by atoms with E-state index in [4.69, 9.17) is 4.74 Å². The van der Waals surface area contributed by atoms with Gasteiger partial charge in [0.1, 0.15) is 0 Å². The summed E-state index contributed by atoms with van der Waals surface area (Å²) in [5.41, 5.74) is 1.43. The third kappa shape index (κ3) is 7.09. The lowest BCUT2D eigenvalue weighted by Gasteiger charge is -2.29. The molecular weight excluding hydrogens is 361 g/mol. The van der Waals surface area contributed by atoms with Crippen LogP contribution in [0.25, 0.3) is 0 Å². The molecule has 0 spiro atoms. The Kier molecular flexibility index (Phi) is 7.46. The van der Waals surface area contributed by atoms with Gasteiger partial charge in [-0.05, 0) is 25.0 Å². The first-order chi connectivity index (χ1) is 12.8. The first kappa shape index (κ1) is 21.0. The first-order valence-corrected chi connectivity index (χ1v) is 8.88. The molecule has 6 nitrogen and oxygen atoms in total. The van der Waals surface area contributed by atoms with Crippen molar-refractivity contribution >= 4 is 5.91 Å². The van der Waals surface area contributed by atoms with E-state index in [-0.39, 0.29) is 11.8 Å². The number of rotatable bonds is 9. The fraction of sp³-hybridized carbons (Fsp3) is 0.556. The molecule has 0 atom stereocenters. The van der Waals surface area contributed by atoms with Crippen LogP contribution in [-0.4, -0.2) is 53.3 Å². The van der Waals surface area contributed by atoms with E-state index in [0.717, 1.165) is 12.0 Å². The number of carbonyl (C=O) groups is 1. The van der Waals surface area contributed by atoms with Crippen molar-refractivity contribution in [2.24, 2.45) is 0 Å². The van der Waals surface area contributed by atoms with E-state index in [2.05, 4.69) is 15.3 Å². The van der Waals surface area contributed by atoms with E-state index < -0.39 is 12.8 Å². The van der Waals surface area contributed by atoms with E-state index in [1.807, 2.05) is 24.2 Å². The van der Waals surface area contributed by atoms with Crippen molar-refractivity contribution in [3.05, 3.63) is 35.7 Å². The highest BCUT2D eigenvalue weighted by Gasteiger charge is 2.29. The number of ether oxygens (including phenoxy) is 1. The number of nitrogens with one attached hydrogen (secondary N) is 1. The molecular formula is C18H25F3N4O2. The Morgan fingerprint density at radius 1 is 1.41 bits per heavy atom. The number of amides is 1. The number of halogens is 3. The van der Waals surface area contributed by atoms with Crippen molar-refractivity contribution in [3.63, 3.8) is 0 Å². The topological polar surface area (TPSA) is 57.7 Å². The summed E-state index contributed by atoms with van der Waals surface area (Å²) < 4.78 is 41.5. The minimum absolute atomic E-state index is 0.00823. The lowest BCUT2D eigenvalue weighted by Crippen LogP contribution is -2.40. The van der Waals surface area contributed by atoms with Gasteiger partial charge in [-0.25, -0.2) is 9.99 Å². The summed E-state index contributed by atoms with van der Waals surface area (Å²) in [6.07, 6.45) is 2.44. The van der Waals surface area contributed by atoms with Crippen molar-refractivity contribution in [3.8, 4) is 5.88 Å². The van der Waals surface area contributed by atoms with Crippen molar-refractivity contribution < 1.29 is 22.7 Å². The maximum atomic E-state index is 12.3. The van der Waals surface area contributed by atoms with Crippen LogP contribution in [0.5, 0.6) is 5.88 Å². The van der Waals surface area contributed by atoms with Gasteiger partial charge in [-0.2, -0.15) is 13.2 Å². The van der Waals surface area contributed by atoms with Crippen molar-refractivity contribution in [2.75, 3.05) is 26.2 Å². The van der Waals surface area contributed by atoms with Gasteiger partial charge in [0.15, 0.2) is 6.61 Å². The number of alkyl halides is 3. The molecule has 1 N–H and O–H groups in total. The number of hydrogen-bond donors (Lipinski definition) is 1. The average molecular weight is 386 g/mol. The van der Waals surface area contributed by atoms with Crippen LogP contribution in [0.1, 0.15) is 30.9 Å². The monoisotopic (exact) mass is 386 g/mol. The molecule has 0 radical (unpaired) electrons. The zero-order chi connectivity index (χ0) is 19.9. The third-order valence-corrected chi connectivity index (χ3v) is 3.92. The van der Waals surface area contributed by atoms with Gasteiger partial charge in [-0.1, -0.05) is 13.0 Å². The van der Waals surface area contributed by atoms with Gasteiger partial charge in [0.2, 0.25) is 11.8 Å². The van der Waals surface area contributed by atoms with Gasteiger partial charge >= 0.3 is 6.18 Å². The molecule has 9 heteroatoms. The molecule has 0 bridgehead atoms. The van der Waals surface area contributed by atoms with Crippen LogP contribution in [0, 0.1) is 6.92 Å². The van der Waals surface area contributed by atoms with Gasteiger partial charge < -0.3 is 15.1 Å². The van der Waals surface area contributed by atoms with Crippen LogP contribution < -0.4 is 10.1 Å². The fourth-order valence-electron chi connectivity index (χ4n) is 2.71. The van der Waals surface area contributed by atoms with Gasteiger partial charge in [-0.3, -0.25) is 4.79 Å². The number of carbonyl (C=O) groups excluding carboxylic acids is 1. The Bertz CT molecular complexity index is 664. The van der Waals surface area contributed by atoms with Crippen LogP contribution in [0.2, 0.25) is 0 Å². The molecule has 1 aliphatic heterocycles. The largest absolute Gasteiger partial charge is 0.468 e. The summed E-state index contributed by atoms with van der Waals surface area (Å²) in [5.74, 6) is 0.0348. The third-order valence-electron chi connectivity index (χ3n) is 3.92. The Hall–Kier alpha value is -2.29. The molecule has 0 saturated carbocycles. The van der Waals surface area contributed by atoms with Crippen molar-refractivity contribution in [2.45, 2.75) is 39.4 Å². The quantitative estimate of drug-likeness (QED) is 0.707. The second kappa shape index (κ2) is 9.59. The summed E-state index contributed by atoms with van der Waals surface area (Å²) >= 11 is 0. The molecule has 0 aliphatic carbocycles. The molecule has 2 heterocycles. The number of nitrogens with zero attached hydrogens (tertiary/aromatic N) is 3. The summed E-state index contributed by atoms with van der Waals surface area (Å²) in [6.45, 7) is 4.74. The minimum Gasteiger partial charge on any atom is -0.468 e. The van der Waals surface area contributed by atoms with Gasteiger partial charge in [0, 0.05) is 44.0 Å². The summed E-state index contributed by atoms with van der Waals surface area (Å²) in [4.78, 5) is 15.5. The first-order valence-electron chi connectivity index (χ1n) is 8.88. The second-order valence-electron chi connectivity index (χ2n) is 6.36. The van der Waals surface area contributed by atoms with Gasteiger partial charge in [0.05, 0.1) is 6.54 Å². The smallest absolute Gasteiger partial charge is 0.422 e. The number of hydrogen-bond acceptors (Lipinski definition) is 5. The molecule has 1 amide bonds. The molecule has 1 aliphatic rings. The highest BCUT2D eigenvalue weighted by Crippen LogP contribution is 2.21. The molecule has 150 valence electrons. The molecule has 1 aromatic rings. The van der Waals surface area contributed by atoms with E-state index in [1.54, 1.807) is 13.0 Å². The van der Waals surface area contributed by atoms with Crippen molar-refractivity contribution in [1.29, 1.82) is 0 Å². The highest BCUT2D eigenvalue weighted by molar-refractivity contribution is 5.75. The highest BCUT2D eigenvalue weighted by atomic mass is 19.4. The van der Waals surface area contributed by atoms with Crippen LogP contribution in [0.4, 0.5) is 13.2 Å². The Balaban J connectivity index is 1.86. The van der Waals surface area contributed by atoms with Crippen molar-refractivity contribution in [1.82, 2.24) is 20.3 Å². The van der Waals surface area contributed by atoms with Gasteiger partial charge in [0.25, 0.3) is 0 Å². The van der Waals surface area contributed by atoms with Crippen LogP contribution in [0.3, 0.4) is 0 Å². The standard InChI is InChI=1S/C18H25F3N4O2/c1-3-5-16(26)22-6-9-24-7-4-8-25(24)12-15-10-14(2)17(23-11-15)27-13-18(19,20)21/h4,7,10-11H,3,5-6,8-9,12-13H2,1-2H3,(H,22,26). The average Bonchev–Trinajstić information content (AvgIpc) is 3.00. The zero-order valence-corrected chi connectivity index (χ0v) is 15.6. The van der Waals surface area contributed by atoms with Crippen LogP contribution in [-0.2, 0) is 11.3 Å². The lowest BCUT2D eigenvalue weighted by atomic mass is 10.2. The van der Waals surface area contributed by atoms with E-state index in [9.17, 15) is 18.0 Å². The van der Waals surface area contributed by atoms with E-state index in [1.165, 1.54) is 6.20 Å². The summed E-state index contributed by atoms with van der Waals surface area (Å²) in [7, 11) is 0. The Morgan fingerprint density at radius 3 is 2.85 bits per heavy atom. The molecule has 27 heavy (non-hydrogen) atoms. The molecule has 0 unspecified atom stereocenters. The Labute approximate surface area is 157 Å². The number of pyridine rings is 1. The predicted molar refractivity (Wildman–Crippen MR) is 94.7 cm³/mol. The van der Waals surface area contributed by atoms with Gasteiger partial charge in [-0.15, -0.1) is 0 Å². The number of hydrazine groups is 1. The second-order valence-corrected chi connectivity index (χ2v) is 6.36. The molecule has 0 saturated heterocycles. The van der Waals surface area contributed by atoms with Crippen LogP contribution in [0.15, 0.2) is 24.5 Å². The zero-order valence-electron chi connectivity index (χ0n) is 15.6. The molecule has 2 rings (SSSR count). The number of aryl methyl sites for hydroxylation is 1. The summed E-state index contributed by atoms with van der Waals surface area (Å²) in [6, 6.07) is 1.78. The lowest BCUT2D eigenvalue weighted by molar-refractivity contribution is -0.154.